The highest BCUT2D eigenvalue weighted by molar-refractivity contribution is 8.03. The largest absolute Gasteiger partial charge is 0.325 e. The molecule has 0 radical (unpaired) electrons. The number of benzene rings is 2. The van der Waals surface area contributed by atoms with E-state index >= 15 is 0 Å². The van der Waals surface area contributed by atoms with Crippen LogP contribution in [0.1, 0.15) is 17.9 Å². The van der Waals surface area contributed by atoms with Gasteiger partial charge in [0.1, 0.15) is 0 Å². The number of hydrogen-bond donors (Lipinski definition) is 2. The number of carbonyl (C=O) groups excluding carboxylic acids is 2. The van der Waals surface area contributed by atoms with Crippen molar-refractivity contribution in [2.45, 2.75) is 12.3 Å². The molecule has 0 bridgehead atoms. The fraction of sp³-hybridized carbons (Fsp3) is 0.150. The third-order valence-electron chi connectivity index (χ3n) is 4.55. The fourth-order valence-corrected chi connectivity index (χ4v) is 3.95. The lowest BCUT2D eigenvalue weighted by Gasteiger charge is -2.24. The maximum absolute atomic E-state index is 12.3. The summed E-state index contributed by atoms with van der Waals surface area (Å²) < 4.78 is 0. The highest BCUT2D eigenvalue weighted by atomic mass is 32.2. The van der Waals surface area contributed by atoms with Gasteiger partial charge in [-0.05, 0) is 17.7 Å². The Balaban J connectivity index is 1.75. The van der Waals surface area contributed by atoms with Gasteiger partial charge >= 0.3 is 0 Å². The second kappa shape index (κ2) is 9.71. The van der Waals surface area contributed by atoms with Gasteiger partial charge in [0.2, 0.25) is 11.8 Å². The SMILES string of the molecule is N#CC1=C(SCC(=O)Nc2ccc([N+](=O)[O-])cc2)NC(=O)C[C@H]1c1cccc([N+](=O)[O-])c1. The topological polar surface area (TPSA) is 168 Å². The number of non-ortho nitro benzene ring substituents is 2. The average molecular weight is 453 g/mol. The van der Waals surface area contributed by atoms with Crippen molar-refractivity contribution in [3.63, 3.8) is 0 Å². The molecular weight excluding hydrogens is 438 g/mol. The van der Waals surface area contributed by atoms with E-state index in [2.05, 4.69) is 10.6 Å². The second-order valence-electron chi connectivity index (χ2n) is 6.65. The zero-order chi connectivity index (χ0) is 23.3. The third-order valence-corrected chi connectivity index (χ3v) is 5.57. The number of allylic oxidation sites excluding steroid dienone is 1. The molecule has 0 aromatic heterocycles. The van der Waals surface area contributed by atoms with E-state index in [-0.39, 0.29) is 40.1 Å². The van der Waals surface area contributed by atoms with E-state index in [0.29, 0.717) is 11.3 Å². The van der Waals surface area contributed by atoms with Crippen molar-refractivity contribution in [2.75, 3.05) is 11.1 Å². The fourth-order valence-electron chi connectivity index (χ4n) is 3.07. The molecule has 2 N–H and O–H groups in total. The van der Waals surface area contributed by atoms with Gasteiger partial charge in [0.05, 0.1) is 32.3 Å². The molecule has 0 unspecified atom stereocenters. The van der Waals surface area contributed by atoms with Crippen molar-refractivity contribution in [3.05, 3.63) is 84.9 Å². The molecule has 0 fully saturated rings. The summed E-state index contributed by atoms with van der Waals surface area (Å²) in [4.78, 5) is 45.1. The van der Waals surface area contributed by atoms with Crippen molar-refractivity contribution < 1.29 is 19.4 Å². The molecule has 1 atom stereocenters. The van der Waals surface area contributed by atoms with Crippen molar-refractivity contribution in [1.82, 2.24) is 5.32 Å². The molecule has 2 amide bonds. The Morgan fingerprint density at radius 3 is 2.47 bits per heavy atom. The van der Waals surface area contributed by atoms with Gasteiger partial charge in [0.25, 0.3) is 11.4 Å². The van der Waals surface area contributed by atoms with E-state index in [1.54, 1.807) is 6.07 Å². The molecule has 0 saturated carbocycles. The minimum Gasteiger partial charge on any atom is -0.325 e. The summed E-state index contributed by atoms with van der Waals surface area (Å²) in [5, 5.41) is 36.8. The molecule has 0 spiro atoms. The standard InChI is InChI=1S/C20H15N5O6S/c21-10-17-16(12-2-1-3-15(8-12)25(30)31)9-18(26)23-20(17)32-11-19(27)22-13-4-6-14(7-5-13)24(28)29/h1-8,16H,9,11H2,(H,22,27)(H,23,26)/t16-/m0/s1. The lowest BCUT2D eigenvalue weighted by atomic mass is 9.87. The van der Waals surface area contributed by atoms with Gasteiger partial charge in [-0.3, -0.25) is 29.8 Å². The number of nitrogens with zero attached hydrogens (tertiary/aromatic N) is 3. The molecular formula is C20H15N5O6S. The second-order valence-corrected chi connectivity index (χ2v) is 7.64. The number of thioether (sulfide) groups is 1. The van der Waals surface area contributed by atoms with E-state index in [0.717, 1.165) is 11.8 Å². The van der Waals surface area contributed by atoms with Gasteiger partial charge in [-0.25, -0.2) is 0 Å². The van der Waals surface area contributed by atoms with E-state index in [1.807, 2.05) is 6.07 Å². The van der Waals surface area contributed by atoms with E-state index in [4.69, 9.17) is 0 Å². The van der Waals surface area contributed by atoms with Crippen molar-refractivity contribution >= 4 is 40.6 Å². The predicted molar refractivity (Wildman–Crippen MR) is 115 cm³/mol. The van der Waals surface area contributed by atoms with Crippen LogP contribution in [0, 0.1) is 31.6 Å². The molecule has 2 aromatic carbocycles. The molecule has 0 saturated heterocycles. The monoisotopic (exact) mass is 453 g/mol. The average Bonchev–Trinajstić information content (AvgIpc) is 2.77. The number of nitro benzene ring substituents is 2. The normalized spacial score (nSPS) is 15.5. The lowest BCUT2D eigenvalue weighted by Crippen LogP contribution is -2.31. The Kier molecular flexibility index (Phi) is 6.81. The zero-order valence-electron chi connectivity index (χ0n) is 16.3. The van der Waals surface area contributed by atoms with Gasteiger partial charge in [0.15, 0.2) is 0 Å². The van der Waals surface area contributed by atoms with Gasteiger partial charge in [-0.1, -0.05) is 23.9 Å². The maximum Gasteiger partial charge on any atom is 0.269 e. The molecule has 11 nitrogen and oxygen atoms in total. The number of nitro groups is 2. The van der Waals surface area contributed by atoms with Crippen LogP contribution in [-0.4, -0.2) is 27.4 Å². The number of nitrogens with one attached hydrogen (secondary N) is 2. The van der Waals surface area contributed by atoms with Crippen LogP contribution in [0.15, 0.2) is 59.1 Å². The summed E-state index contributed by atoms with van der Waals surface area (Å²) in [7, 11) is 0. The molecule has 162 valence electrons. The zero-order valence-corrected chi connectivity index (χ0v) is 17.1. The molecule has 2 aromatic rings. The van der Waals surface area contributed by atoms with Crippen molar-refractivity contribution in [3.8, 4) is 6.07 Å². The molecule has 32 heavy (non-hydrogen) atoms. The molecule has 1 heterocycles. The molecule has 3 rings (SSSR count). The van der Waals surface area contributed by atoms with Crippen molar-refractivity contribution in [2.24, 2.45) is 0 Å². The van der Waals surface area contributed by atoms with Crippen LogP contribution >= 0.6 is 11.8 Å². The summed E-state index contributed by atoms with van der Waals surface area (Å²) in [6, 6.07) is 13.1. The first-order chi connectivity index (χ1) is 15.3. The minimum absolute atomic E-state index is 0.0525. The smallest absolute Gasteiger partial charge is 0.269 e. The molecule has 12 heteroatoms. The Morgan fingerprint density at radius 2 is 1.84 bits per heavy atom. The highest BCUT2D eigenvalue weighted by Gasteiger charge is 2.30. The summed E-state index contributed by atoms with van der Waals surface area (Å²) >= 11 is 0.949. The number of anilines is 1. The van der Waals surface area contributed by atoms with Crippen LogP contribution in [0.3, 0.4) is 0 Å². The number of rotatable bonds is 7. The first-order valence-corrected chi connectivity index (χ1v) is 10.1. The molecule has 1 aliphatic heterocycles. The summed E-state index contributed by atoms with van der Waals surface area (Å²) in [5.41, 5.74) is 0.760. The van der Waals surface area contributed by atoms with E-state index < -0.39 is 21.7 Å². The van der Waals surface area contributed by atoms with Gasteiger partial charge in [-0.2, -0.15) is 5.26 Å². The third kappa shape index (κ3) is 5.27. The van der Waals surface area contributed by atoms with Crippen LogP contribution in [-0.2, 0) is 9.59 Å². The number of amides is 2. The molecule has 1 aliphatic rings. The van der Waals surface area contributed by atoms with Crippen LogP contribution in [0.5, 0.6) is 0 Å². The molecule has 0 aliphatic carbocycles. The summed E-state index contributed by atoms with van der Waals surface area (Å²) in [5.74, 6) is -1.63. The first-order valence-electron chi connectivity index (χ1n) is 9.14. The number of carbonyl (C=O) groups is 2. The van der Waals surface area contributed by atoms with Gasteiger partial charge < -0.3 is 10.6 Å². The van der Waals surface area contributed by atoms with Gasteiger partial charge in [0, 0.05) is 42.3 Å². The lowest BCUT2D eigenvalue weighted by molar-refractivity contribution is -0.385. The number of hydrogen-bond acceptors (Lipinski definition) is 8. The van der Waals surface area contributed by atoms with Crippen LogP contribution in [0.2, 0.25) is 0 Å². The summed E-state index contributed by atoms with van der Waals surface area (Å²) in [6.07, 6.45) is -0.0525. The van der Waals surface area contributed by atoms with Crippen LogP contribution in [0.4, 0.5) is 17.1 Å². The van der Waals surface area contributed by atoms with E-state index in [1.165, 1.54) is 42.5 Å². The van der Waals surface area contributed by atoms with Crippen LogP contribution < -0.4 is 10.6 Å². The first kappa shape index (κ1) is 22.4. The van der Waals surface area contributed by atoms with Crippen molar-refractivity contribution in [1.29, 1.82) is 5.26 Å². The quantitative estimate of drug-likeness (QED) is 0.476. The Labute approximate surface area is 185 Å². The van der Waals surface area contributed by atoms with E-state index in [9.17, 15) is 35.1 Å². The highest BCUT2D eigenvalue weighted by Crippen LogP contribution is 2.36. The Morgan fingerprint density at radius 1 is 1.16 bits per heavy atom. The summed E-state index contributed by atoms with van der Waals surface area (Å²) in [6.45, 7) is 0. The predicted octanol–water partition coefficient (Wildman–Crippen LogP) is 3.21. The minimum atomic E-state index is -0.672. The number of nitriles is 1. The Bertz CT molecular complexity index is 1170. The maximum atomic E-state index is 12.3. The van der Waals surface area contributed by atoms with Gasteiger partial charge in [-0.15, -0.1) is 0 Å². The Hall–Kier alpha value is -4.24. The van der Waals surface area contributed by atoms with Crippen LogP contribution in [0.25, 0.3) is 0 Å².